The molecular formula is C17H18N4O2. The minimum absolute atomic E-state index is 0.141. The summed E-state index contributed by atoms with van der Waals surface area (Å²) in [5.41, 5.74) is 1.74. The molecule has 0 aliphatic heterocycles. The van der Waals surface area contributed by atoms with Crippen molar-refractivity contribution in [2.24, 2.45) is 7.05 Å². The second kappa shape index (κ2) is 6.48. The first-order valence-corrected chi connectivity index (χ1v) is 7.37. The highest BCUT2D eigenvalue weighted by atomic mass is 16.5. The van der Waals surface area contributed by atoms with Gasteiger partial charge in [0.25, 0.3) is 0 Å². The standard InChI is InChI=1S/C17H18N4O2/c1-12-10-14(23-20-12)11-15(22)19-16(13-6-4-3-5-7-13)17-18-8-9-21(17)2/h3-10,16H,11H2,1-2H3,(H,19,22). The lowest BCUT2D eigenvalue weighted by Crippen LogP contribution is -2.32. The number of aryl methyl sites for hydroxylation is 2. The average Bonchev–Trinajstić information content (AvgIpc) is 3.14. The minimum Gasteiger partial charge on any atom is -0.361 e. The summed E-state index contributed by atoms with van der Waals surface area (Å²) < 4.78 is 7.00. The molecule has 1 atom stereocenters. The second-order valence-corrected chi connectivity index (χ2v) is 5.42. The number of imidazole rings is 1. The van der Waals surface area contributed by atoms with E-state index in [9.17, 15) is 4.79 Å². The topological polar surface area (TPSA) is 73.0 Å². The lowest BCUT2D eigenvalue weighted by atomic mass is 10.1. The van der Waals surface area contributed by atoms with Crippen LogP contribution in [0.3, 0.4) is 0 Å². The van der Waals surface area contributed by atoms with Crippen LogP contribution in [-0.4, -0.2) is 20.6 Å². The molecule has 1 unspecified atom stereocenters. The van der Waals surface area contributed by atoms with Crippen molar-refractivity contribution in [2.45, 2.75) is 19.4 Å². The molecule has 1 aromatic carbocycles. The lowest BCUT2D eigenvalue weighted by Gasteiger charge is -2.18. The van der Waals surface area contributed by atoms with Gasteiger partial charge in [-0.3, -0.25) is 4.79 Å². The fourth-order valence-corrected chi connectivity index (χ4v) is 2.47. The maximum absolute atomic E-state index is 12.4. The van der Waals surface area contributed by atoms with Gasteiger partial charge in [0.15, 0.2) is 0 Å². The summed E-state index contributed by atoms with van der Waals surface area (Å²) in [5, 5.41) is 6.82. The van der Waals surface area contributed by atoms with Crippen molar-refractivity contribution >= 4 is 5.91 Å². The van der Waals surface area contributed by atoms with Crippen LogP contribution in [-0.2, 0) is 18.3 Å². The SMILES string of the molecule is Cc1cc(CC(=O)NC(c2ccccc2)c2nccn2C)on1. The van der Waals surface area contributed by atoms with E-state index in [2.05, 4.69) is 15.5 Å². The predicted octanol–water partition coefficient (Wildman–Crippen LogP) is 2.16. The Balaban J connectivity index is 1.82. The van der Waals surface area contributed by atoms with Crippen LogP contribution in [0.5, 0.6) is 0 Å². The molecule has 2 heterocycles. The largest absolute Gasteiger partial charge is 0.361 e. The fraction of sp³-hybridized carbons (Fsp3) is 0.235. The number of benzene rings is 1. The summed E-state index contributed by atoms with van der Waals surface area (Å²) >= 11 is 0. The summed E-state index contributed by atoms with van der Waals surface area (Å²) in [7, 11) is 1.91. The van der Waals surface area contributed by atoms with E-state index in [4.69, 9.17) is 4.52 Å². The van der Waals surface area contributed by atoms with E-state index < -0.39 is 0 Å². The van der Waals surface area contributed by atoms with Crippen LogP contribution in [0.2, 0.25) is 0 Å². The maximum atomic E-state index is 12.4. The zero-order valence-electron chi connectivity index (χ0n) is 13.1. The van der Waals surface area contributed by atoms with Crippen LogP contribution in [0.4, 0.5) is 0 Å². The van der Waals surface area contributed by atoms with Gasteiger partial charge in [0, 0.05) is 25.5 Å². The monoisotopic (exact) mass is 310 g/mol. The van der Waals surface area contributed by atoms with Crippen LogP contribution >= 0.6 is 0 Å². The molecule has 0 fully saturated rings. The van der Waals surface area contributed by atoms with Gasteiger partial charge in [-0.05, 0) is 12.5 Å². The molecular weight excluding hydrogens is 292 g/mol. The number of aromatic nitrogens is 3. The van der Waals surface area contributed by atoms with Gasteiger partial charge in [-0.1, -0.05) is 35.5 Å². The smallest absolute Gasteiger partial charge is 0.228 e. The maximum Gasteiger partial charge on any atom is 0.228 e. The Morgan fingerprint density at radius 3 is 2.74 bits per heavy atom. The quantitative estimate of drug-likeness (QED) is 0.784. The van der Waals surface area contributed by atoms with E-state index in [-0.39, 0.29) is 18.4 Å². The van der Waals surface area contributed by atoms with Crippen molar-refractivity contribution in [3.8, 4) is 0 Å². The molecule has 0 spiro atoms. The van der Waals surface area contributed by atoms with Gasteiger partial charge >= 0.3 is 0 Å². The van der Waals surface area contributed by atoms with E-state index in [0.717, 1.165) is 17.1 Å². The molecule has 6 nitrogen and oxygen atoms in total. The van der Waals surface area contributed by atoms with E-state index in [1.807, 2.05) is 55.1 Å². The summed E-state index contributed by atoms with van der Waals surface area (Å²) in [5.74, 6) is 1.18. The molecule has 0 aliphatic carbocycles. The first-order valence-electron chi connectivity index (χ1n) is 7.37. The minimum atomic E-state index is -0.312. The molecule has 1 N–H and O–H groups in total. The van der Waals surface area contributed by atoms with Crippen molar-refractivity contribution < 1.29 is 9.32 Å². The molecule has 0 radical (unpaired) electrons. The normalized spacial score (nSPS) is 12.1. The summed E-state index contributed by atoms with van der Waals surface area (Å²) in [6, 6.07) is 11.2. The zero-order chi connectivity index (χ0) is 16.2. The Bertz CT molecular complexity index is 792. The molecule has 0 aliphatic rings. The average molecular weight is 310 g/mol. The third-order valence-corrected chi connectivity index (χ3v) is 3.57. The molecule has 2 aromatic heterocycles. The van der Waals surface area contributed by atoms with Gasteiger partial charge in [0.05, 0.1) is 12.1 Å². The number of amides is 1. The number of hydrogen-bond donors (Lipinski definition) is 1. The summed E-state index contributed by atoms with van der Waals surface area (Å²) in [4.78, 5) is 16.7. The van der Waals surface area contributed by atoms with Crippen molar-refractivity contribution in [3.05, 3.63) is 71.6 Å². The van der Waals surface area contributed by atoms with Crippen molar-refractivity contribution in [1.29, 1.82) is 0 Å². The molecule has 23 heavy (non-hydrogen) atoms. The first kappa shape index (κ1) is 15.0. The molecule has 118 valence electrons. The number of hydrogen-bond acceptors (Lipinski definition) is 4. The highest BCUT2D eigenvalue weighted by Gasteiger charge is 2.21. The number of nitrogens with one attached hydrogen (secondary N) is 1. The van der Waals surface area contributed by atoms with Crippen LogP contribution < -0.4 is 5.32 Å². The number of rotatable bonds is 5. The van der Waals surface area contributed by atoms with E-state index >= 15 is 0 Å². The van der Waals surface area contributed by atoms with Gasteiger partial charge < -0.3 is 14.4 Å². The summed E-state index contributed by atoms with van der Waals surface area (Å²) in [6.07, 6.45) is 3.73. The zero-order valence-corrected chi connectivity index (χ0v) is 13.1. The van der Waals surface area contributed by atoms with Gasteiger partial charge in [0.1, 0.15) is 17.6 Å². The van der Waals surface area contributed by atoms with Crippen LogP contribution in [0.15, 0.2) is 53.3 Å². The van der Waals surface area contributed by atoms with Crippen LogP contribution in [0, 0.1) is 6.92 Å². The van der Waals surface area contributed by atoms with Gasteiger partial charge in [-0.2, -0.15) is 0 Å². The van der Waals surface area contributed by atoms with Crippen LogP contribution in [0.1, 0.15) is 28.9 Å². The highest BCUT2D eigenvalue weighted by molar-refractivity contribution is 5.78. The third-order valence-electron chi connectivity index (χ3n) is 3.57. The third kappa shape index (κ3) is 3.48. The van der Waals surface area contributed by atoms with Gasteiger partial charge in [-0.15, -0.1) is 0 Å². The van der Waals surface area contributed by atoms with Crippen molar-refractivity contribution in [2.75, 3.05) is 0 Å². The second-order valence-electron chi connectivity index (χ2n) is 5.42. The fourth-order valence-electron chi connectivity index (χ4n) is 2.47. The molecule has 1 amide bonds. The molecule has 3 rings (SSSR count). The highest BCUT2D eigenvalue weighted by Crippen LogP contribution is 2.20. The Morgan fingerprint density at radius 2 is 2.13 bits per heavy atom. The van der Waals surface area contributed by atoms with E-state index in [1.165, 1.54) is 0 Å². The number of carbonyl (C=O) groups excluding carboxylic acids is 1. The number of nitrogens with zero attached hydrogens (tertiary/aromatic N) is 3. The molecule has 6 heteroatoms. The number of carbonyl (C=O) groups is 1. The summed E-state index contributed by atoms with van der Waals surface area (Å²) in [6.45, 7) is 1.82. The van der Waals surface area contributed by atoms with Crippen molar-refractivity contribution in [3.63, 3.8) is 0 Å². The Labute approximate surface area is 134 Å². The van der Waals surface area contributed by atoms with E-state index in [0.29, 0.717) is 5.76 Å². The Morgan fingerprint density at radius 1 is 1.35 bits per heavy atom. The molecule has 0 saturated heterocycles. The van der Waals surface area contributed by atoms with Crippen molar-refractivity contribution in [1.82, 2.24) is 20.0 Å². The van der Waals surface area contributed by atoms with Crippen LogP contribution in [0.25, 0.3) is 0 Å². The molecule has 0 bridgehead atoms. The molecule has 0 saturated carbocycles. The molecule has 3 aromatic rings. The van der Waals surface area contributed by atoms with Gasteiger partial charge in [0.2, 0.25) is 5.91 Å². The lowest BCUT2D eigenvalue weighted by molar-refractivity contribution is -0.121. The van der Waals surface area contributed by atoms with Gasteiger partial charge in [-0.25, -0.2) is 4.98 Å². The Kier molecular flexibility index (Phi) is 4.23. The first-order chi connectivity index (χ1) is 11.1. The predicted molar refractivity (Wildman–Crippen MR) is 84.6 cm³/mol. The van der Waals surface area contributed by atoms with E-state index in [1.54, 1.807) is 12.3 Å². The Hall–Kier alpha value is -2.89.